The fourth-order valence-corrected chi connectivity index (χ4v) is 3.40. The van der Waals surface area contributed by atoms with Gasteiger partial charge in [0.15, 0.2) is 0 Å². The van der Waals surface area contributed by atoms with Crippen LogP contribution in [-0.4, -0.2) is 29.0 Å². The molecule has 1 aromatic rings. The number of nitrogens with one attached hydrogen (secondary N) is 1. The van der Waals surface area contributed by atoms with E-state index in [0.29, 0.717) is 0 Å². The summed E-state index contributed by atoms with van der Waals surface area (Å²) in [6, 6.07) is 2.29. The first-order valence-electron chi connectivity index (χ1n) is 7.52. The molecule has 1 aliphatic rings. The summed E-state index contributed by atoms with van der Waals surface area (Å²) in [5, 5.41) is 8.04. The van der Waals surface area contributed by atoms with Crippen LogP contribution in [0, 0.1) is 0 Å². The van der Waals surface area contributed by atoms with Gasteiger partial charge in [-0.25, -0.2) is 0 Å². The zero-order valence-corrected chi connectivity index (χ0v) is 12.5. The maximum Gasteiger partial charge on any atom is 0.0892 e. The Kier molecular flexibility index (Phi) is 4.99. The summed E-state index contributed by atoms with van der Waals surface area (Å²) in [6.45, 7) is 2.86. The minimum absolute atomic E-state index is 0.0889. The molecule has 0 bridgehead atoms. The van der Waals surface area contributed by atoms with E-state index >= 15 is 0 Å². The van der Waals surface area contributed by atoms with Gasteiger partial charge < -0.3 is 10.1 Å². The monoisotopic (exact) mass is 265 g/mol. The molecule has 4 heteroatoms. The molecule has 0 saturated heterocycles. The van der Waals surface area contributed by atoms with E-state index in [9.17, 15) is 0 Å². The minimum atomic E-state index is -0.0889. The topological polar surface area (TPSA) is 39.1 Å². The molecule has 1 aliphatic carbocycles. The van der Waals surface area contributed by atoms with E-state index in [1.165, 1.54) is 25.7 Å². The molecule has 2 rings (SSSR count). The zero-order valence-electron chi connectivity index (χ0n) is 12.5. The third-order valence-electron chi connectivity index (χ3n) is 4.23. The van der Waals surface area contributed by atoms with Crippen molar-refractivity contribution in [1.82, 2.24) is 15.1 Å². The maximum absolute atomic E-state index is 6.26. The van der Waals surface area contributed by atoms with Crippen molar-refractivity contribution >= 4 is 0 Å². The molecule has 0 spiro atoms. The SMILES string of the molecule is CCOC1(C(NC)c2ccn(C)n2)CCCCCC1. The van der Waals surface area contributed by atoms with Gasteiger partial charge in [-0.05, 0) is 32.9 Å². The number of aryl methyl sites for hydroxylation is 1. The van der Waals surface area contributed by atoms with Crippen LogP contribution in [0.5, 0.6) is 0 Å². The number of ether oxygens (including phenoxy) is 1. The van der Waals surface area contributed by atoms with Crippen LogP contribution in [0.2, 0.25) is 0 Å². The molecule has 1 atom stereocenters. The Balaban J connectivity index is 2.28. The predicted octanol–water partition coefficient (Wildman–Crippen LogP) is 2.81. The molecule has 1 fully saturated rings. The van der Waals surface area contributed by atoms with Crippen molar-refractivity contribution in [1.29, 1.82) is 0 Å². The molecule has 1 saturated carbocycles. The summed E-state index contributed by atoms with van der Waals surface area (Å²) >= 11 is 0. The first-order chi connectivity index (χ1) is 9.22. The normalized spacial score (nSPS) is 21.0. The van der Waals surface area contributed by atoms with Crippen LogP contribution in [0.4, 0.5) is 0 Å². The van der Waals surface area contributed by atoms with Gasteiger partial charge in [0.2, 0.25) is 0 Å². The standard InChI is InChI=1S/C15H27N3O/c1-4-19-15(10-7-5-6-8-11-15)14(16-2)13-9-12-18(3)17-13/h9,12,14,16H,4-8,10-11H2,1-3H3. The summed E-state index contributed by atoms with van der Waals surface area (Å²) in [6.07, 6.45) is 9.43. The van der Waals surface area contributed by atoms with Gasteiger partial charge in [-0.3, -0.25) is 4.68 Å². The molecule has 0 aromatic carbocycles. The molecule has 19 heavy (non-hydrogen) atoms. The quantitative estimate of drug-likeness (QED) is 0.832. The molecule has 1 unspecified atom stereocenters. The molecule has 4 nitrogen and oxygen atoms in total. The van der Waals surface area contributed by atoms with Gasteiger partial charge in [0.1, 0.15) is 0 Å². The number of aromatic nitrogens is 2. The number of nitrogens with zero attached hydrogens (tertiary/aromatic N) is 2. The molecule has 0 amide bonds. The second-order valence-electron chi connectivity index (χ2n) is 5.55. The van der Waals surface area contributed by atoms with Gasteiger partial charge in [0.05, 0.1) is 17.3 Å². The van der Waals surface area contributed by atoms with Gasteiger partial charge in [-0.1, -0.05) is 25.7 Å². The molecule has 0 aliphatic heterocycles. The largest absolute Gasteiger partial charge is 0.373 e. The number of hydrogen-bond acceptors (Lipinski definition) is 3. The highest BCUT2D eigenvalue weighted by Gasteiger charge is 2.41. The van der Waals surface area contributed by atoms with Crippen LogP contribution in [-0.2, 0) is 11.8 Å². The molecular weight excluding hydrogens is 238 g/mol. The fourth-order valence-electron chi connectivity index (χ4n) is 3.40. The van der Waals surface area contributed by atoms with Crippen molar-refractivity contribution in [3.63, 3.8) is 0 Å². The predicted molar refractivity (Wildman–Crippen MR) is 77.1 cm³/mol. The van der Waals surface area contributed by atoms with Gasteiger partial charge in [0, 0.05) is 19.9 Å². The number of hydrogen-bond donors (Lipinski definition) is 1. The van der Waals surface area contributed by atoms with Crippen molar-refractivity contribution in [2.45, 2.75) is 57.1 Å². The average molecular weight is 265 g/mol. The fraction of sp³-hybridized carbons (Fsp3) is 0.800. The van der Waals surface area contributed by atoms with Gasteiger partial charge in [-0.2, -0.15) is 5.10 Å². The molecule has 1 aromatic heterocycles. The Morgan fingerprint density at radius 2 is 2.05 bits per heavy atom. The zero-order chi connectivity index (χ0) is 13.7. The molecular formula is C15H27N3O. The Morgan fingerprint density at radius 1 is 1.37 bits per heavy atom. The summed E-state index contributed by atoms with van der Waals surface area (Å²) in [5.74, 6) is 0. The third-order valence-corrected chi connectivity index (χ3v) is 4.23. The van der Waals surface area contributed by atoms with Gasteiger partial charge in [-0.15, -0.1) is 0 Å². The van der Waals surface area contributed by atoms with Crippen molar-refractivity contribution in [3.8, 4) is 0 Å². The number of rotatable bonds is 5. The van der Waals surface area contributed by atoms with Gasteiger partial charge in [0.25, 0.3) is 0 Å². The van der Waals surface area contributed by atoms with E-state index < -0.39 is 0 Å². The van der Waals surface area contributed by atoms with Crippen molar-refractivity contribution < 1.29 is 4.74 Å². The van der Waals surface area contributed by atoms with Gasteiger partial charge >= 0.3 is 0 Å². The third kappa shape index (κ3) is 3.18. The van der Waals surface area contributed by atoms with E-state index in [1.54, 1.807) is 0 Å². The maximum atomic E-state index is 6.26. The molecule has 1 N–H and O–H groups in total. The van der Waals surface area contributed by atoms with Crippen molar-refractivity contribution in [3.05, 3.63) is 18.0 Å². The van der Waals surface area contributed by atoms with Crippen LogP contribution in [0.3, 0.4) is 0 Å². The Morgan fingerprint density at radius 3 is 2.53 bits per heavy atom. The number of likely N-dealkylation sites (N-methyl/N-ethyl adjacent to an activating group) is 1. The Labute approximate surface area is 116 Å². The summed E-state index contributed by atoms with van der Waals surface area (Å²) in [4.78, 5) is 0. The summed E-state index contributed by atoms with van der Waals surface area (Å²) < 4.78 is 8.13. The molecule has 108 valence electrons. The first-order valence-corrected chi connectivity index (χ1v) is 7.52. The highest BCUT2D eigenvalue weighted by atomic mass is 16.5. The van der Waals surface area contributed by atoms with Crippen LogP contribution < -0.4 is 5.32 Å². The second-order valence-corrected chi connectivity index (χ2v) is 5.55. The van der Waals surface area contributed by atoms with E-state index in [-0.39, 0.29) is 11.6 Å². The second kappa shape index (κ2) is 6.53. The smallest absolute Gasteiger partial charge is 0.0892 e. The summed E-state index contributed by atoms with van der Waals surface area (Å²) in [7, 11) is 3.99. The Hall–Kier alpha value is -0.870. The minimum Gasteiger partial charge on any atom is -0.373 e. The van der Waals surface area contributed by atoms with Crippen molar-refractivity contribution in [2.75, 3.05) is 13.7 Å². The van der Waals surface area contributed by atoms with Crippen LogP contribution in [0.15, 0.2) is 12.3 Å². The average Bonchev–Trinajstić information content (AvgIpc) is 2.67. The lowest BCUT2D eigenvalue weighted by Gasteiger charge is -2.39. The highest BCUT2D eigenvalue weighted by molar-refractivity contribution is 5.12. The molecule has 1 heterocycles. The Bertz CT molecular complexity index is 380. The van der Waals surface area contributed by atoms with Crippen LogP contribution in [0.25, 0.3) is 0 Å². The van der Waals surface area contributed by atoms with Crippen molar-refractivity contribution in [2.24, 2.45) is 7.05 Å². The lowest BCUT2D eigenvalue weighted by molar-refractivity contribution is -0.0776. The highest BCUT2D eigenvalue weighted by Crippen LogP contribution is 2.39. The van der Waals surface area contributed by atoms with Crippen LogP contribution in [0.1, 0.15) is 57.2 Å². The van der Waals surface area contributed by atoms with E-state index in [4.69, 9.17) is 4.74 Å². The summed E-state index contributed by atoms with van der Waals surface area (Å²) in [5.41, 5.74) is 1.01. The lowest BCUT2D eigenvalue weighted by atomic mass is 9.84. The lowest BCUT2D eigenvalue weighted by Crippen LogP contribution is -2.45. The van der Waals surface area contributed by atoms with E-state index in [1.807, 2.05) is 25.0 Å². The van der Waals surface area contributed by atoms with E-state index in [0.717, 1.165) is 25.1 Å². The van der Waals surface area contributed by atoms with E-state index in [2.05, 4.69) is 23.4 Å². The molecule has 0 radical (unpaired) electrons. The first kappa shape index (κ1) is 14.5. The van der Waals surface area contributed by atoms with Crippen LogP contribution >= 0.6 is 0 Å².